The molecule has 0 aliphatic heterocycles. The molecule has 0 saturated carbocycles. The molecular weight excluding hydrogens is 924 g/mol. The van der Waals surface area contributed by atoms with Gasteiger partial charge in [-0.05, 0) is 92.3 Å². The molecule has 378 valence electrons. The molecule has 0 spiro atoms. The summed E-state index contributed by atoms with van der Waals surface area (Å²) >= 11 is 0. The quantitative estimate of drug-likeness (QED) is 0.0252. The topological polar surface area (TPSA) is 275 Å². The van der Waals surface area contributed by atoms with E-state index >= 15 is 0 Å². The van der Waals surface area contributed by atoms with Crippen LogP contribution in [0.3, 0.4) is 0 Å². The summed E-state index contributed by atoms with van der Waals surface area (Å²) in [7, 11) is 3.03. The van der Waals surface area contributed by atoms with Crippen LogP contribution in [0.25, 0.3) is 0 Å². The van der Waals surface area contributed by atoms with Crippen molar-refractivity contribution in [1.29, 1.82) is 10.8 Å². The number of carbonyl (C=O) groups excluding carboxylic acids is 5. The molecule has 0 unspecified atom stereocenters. The van der Waals surface area contributed by atoms with E-state index in [0.717, 1.165) is 27.8 Å². The fourth-order valence-corrected chi connectivity index (χ4v) is 7.11. The Morgan fingerprint density at radius 2 is 0.958 bits per heavy atom. The number of aryl methyl sites for hydroxylation is 4. The zero-order valence-corrected chi connectivity index (χ0v) is 41.5. The molecule has 0 heterocycles. The summed E-state index contributed by atoms with van der Waals surface area (Å²) in [6.45, 7) is 3.41. The number of benzene rings is 5. The summed E-state index contributed by atoms with van der Waals surface area (Å²) in [5.41, 5.74) is 23.2. The number of amidine groups is 2. The van der Waals surface area contributed by atoms with E-state index in [1.54, 1.807) is 50.2 Å². The van der Waals surface area contributed by atoms with E-state index in [0.29, 0.717) is 61.2 Å². The summed E-state index contributed by atoms with van der Waals surface area (Å²) in [5.74, 6) is -0.0251. The molecule has 0 fully saturated rings. The molecule has 4 atom stereocenters. The monoisotopic (exact) mass is 990 g/mol. The fourth-order valence-electron chi connectivity index (χ4n) is 7.11. The molecule has 0 radical (unpaired) electrons. The minimum atomic E-state index is -0.738. The van der Waals surface area contributed by atoms with Crippen molar-refractivity contribution < 1.29 is 38.2 Å². The molecule has 0 aromatic heterocycles. The van der Waals surface area contributed by atoms with E-state index in [2.05, 4.69) is 16.0 Å². The number of ketones is 2. The lowest BCUT2D eigenvalue weighted by molar-refractivity contribution is -0.128. The van der Waals surface area contributed by atoms with Crippen molar-refractivity contribution in [2.45, 2.75) is 96.0 Å². The minimum Gasteiger partial charge on any atom is -0.496 e. The zero-order valence-electron chi connectivity index (χ0n) is 40.7. The molecule has 0 bridgehead atoms. The van der Waals surface area contributed by atoms with Crippen LogP contribution in [0.2, 0.25) is 0 Å². The Bertz CT molecular complexity index is 2530. The van der Waals surface area contributed by atoms with Crippen LogP contribution in [0.15, 0.2) is 127 Å². The molecule has 17 heteroatoms. The smallest absolute Gasteiger partial charge is 0.413 e. The number of amides is 3. The largest absolute Gasteiger partial charge is 0.496 e. The van der Waals surface area contributed by atoms with E-state index in [1.165, 1.54) is 14.2 Å². The van der Waals surface area contributed by atoms with Crippen molar-refractivity contribution in [3.63, 3.8) is 0 Å². The van der Waals surface area contributed by atoms with Crippen molar-refractivity contribution >= 4 is 53.6 Å². The second-order valence-electron chi connectivity index (χ2n) is 16.7. The second-order valence-corrected chi connectivity index (χ2v) is 16.7. The number of nitrogens with two attached hydrogens (primary N) is 3. The van der Waals surface area contributed by atoms with Crippen LogP contribution in [0, 0.1) is 10.8 Å². The molecule has 0 aliphatic carbocycles. The highest BCUT2D eigenvalue weighted by atomic mass is 35.5. The molecule has 5 aromatic rings. The van der Waals surface area contributed by atoms with Crippen molar-refractivity contribution in [2.24, 2.45) is 17.2 Å². The third kappa shape index (κ3) is 19.9. The lowest BCUT2D eigenvalue weighted by atomic mass is 10.0. The summed E-state index contributed by atoms with van der Waals surface area (Å²) in [4.78, 5) is 62.1. The number of ether oxygens (including phenoxy) is 3. The number of rotatable bonds is 24. The number of carbonyl (C=O) groups is 5. The van der Waals surface area contributed by atoms with Gasteiger partial charge in [-0.3, -0.25) is 35.3 Å². The summed E-state index contributed by atoms with van der Waals surface area (Å²) < 4.78 is 16.0. The normalized spacial score (nSPS) is 12.1. The SMILES string of the molecule is COc1cc(C(=N)N)ccc1CCC(=O)[C@H](C)NC(=O)[C@H](N)CCc1ccccc1.COc1cc(C(=N)NC(=O)OCc2ccccc2)ccc1CCC(=O)[C@H](C)NC(=O)[C@H](N)CCc1ccccc1.Cl. The predicted molar refractivity (Wildman–Crippen MR) is 278 cm³/mol. The van der Waals surface area contributed by atoms with Gasteiger partial charge in [0.05, 0.1) is 38.4 Å². The summed E-state index contributed by atoms with van der Waals surface area (Å²) in [6.07, 6.45) is 2.89. The number of methoxy groups -OCH3 is 2. The van der Waals surface area contributed by atoms with Crippen LogP contribution in [-0.4, -0.2) is 79.5 Å². The maximum Gasteiger partial charge on any atom is 0.413 e. The Morgan fingerprint density at radius 3 is 1.37 bits per heavy atom. The molecule has 0 saturated heterocycles. The first kappa shape index (κ1) is 57.9. The third-order valence-electron chi connectivity index (χ3n) is 11.4. The Kier molecular flexibility index (Phi) is 24.7. The number of nitrogens with one attached hydrogen (secondary N) is 5. The Hall–Kier alpha value is -7.40. The lowest BCUT2D eigenvalue weighted by Gasteiger charge is -2.17. The highest BCUT2D eigenvalue weighted by Crippen LogP contribution is 2.23. The van der Waals surface area contributed by atoms with Crippen LogP contribution in [0.4, 0.5) is 4.79 Å². The van der Waals surface area contributed by atoms with Gasteiger partial charge in [0.15, 0.2) is 11.6 Å². The highest BCUT2D eigenvalue weighted by molar-refractivity contribution is 6.04. The zero-order chi connectivity index (χ0) is 51.0. The van der Waals surface area contributed by atoms with Crippen LogP contribution >= 0.6 is 12.4 Å². The number of Topliss-reactive ketones (excluding diaryl/α,β-unsaturated/α-hetero) is 2. The van der Waals surface area contributed by atoms with Crippen LogP contribution < -0.4 is 42.6 Å². The molecule has 5 rings (SSSR count). The maximum atomic E-state index is 12.7. The number of alkyl carbamates (subject to hydrolysis) is 1. The van der Waals surface area contributed by atoms with Crippen molar-refractivity contribution in [3.8, 4) is 11.5 Å². The van der Waals surface area contributed by atoms with Gasteiger partial charge < -0.3 is 42.0 Å². The van der Waals surface area contributed by atoms with Crippen molar-refractivity contribution in [1.82, 2.24) is 16.0 Å². The molecule has 5 aromatic carbocycles. The summed E-state index contributed by atoms with van der Waals surface area (Å²) in [5, 5.41) is 23.6. The van der Waals surface area contributed by atoms with Gasteiger partial charge in [-0.1, -0.05) is 115 Å². The van der Waals surface area contributed by atoms with Gasteiger partial charge in [0.1, 0.15) is 29.8 Å². The minimum absolute atomic E-state index is 0. The Balaban J connectivity index is 0.000000385. The Labute approximate surface area is 422 Å². The van der Waals surface area contributed by atoms with Gasteiger partial charge in [-0.15, -0.1) is 12.4 Å². The lowest BCUT2D eigenvalue weighted by Crippen LogP contribution is -2.47. The second kappa shape index (κ2) is 30.3. The number of hydrogen-bond acceptors (Lipinski definition) is 12. The van der Waals surface area contributed by atoms with E-state index in [1.807, 2.05) is 91.0 Å². The average molecular weight is 992 g/mol. The van der Waals surface area contributed by atoms with Gasteiger partial charge in [-0.25, -0.2) is 4.79 Å². The van der Waals surface area contributed by atoms with Crippen molar-refractivity contribution in [2.75, 3.05) is 14.2 Å². The maximum absolute atomic E-state index is 12.7. The molecule has 3 amide bonds. The van der Waals surface area contributed by atoms with E-state index in [-0.39, 0.29) is 66.9 Å². The highest BCUT2D eigenvalue weighted by Gasteiger charge is 2.22. The molecule has 16 nitrogen and oxygen atoms in total. The summed E-state index contributed by atoms with van der Waals surface area (Å²) in [6, 6.07) is 36.4. The van der Waals surface area contributed by atoms with Gasteiger partial charge in [-0.2, -0.15) is 0 Å². The van der Waals surface area contributed by atoms with E-state index in [9.17, 15) is 24.0 Å². The van der Waals surface area contributed by atoms with Crippen LogP contribution in [0.5, 0.6) is 11.5 Å². The molecule has 11 N–H and O–H groups in total. The Morgan fingerprint density at radius 1 is 0.563 bits per heavy atom. The van der Waals surface area contributed by atoms with Crippen LogP contribution in [0.1, 0.15) is 78.5 Å². The number of hydrogen-bond donors (Lipinski definition) is 8. The van der Waals surface area contributed by atoms with Crippen molar-refractivity contribution in [3.05, 3.63) is 166 Å². The first-order chi connectivity index (χ1) is 33.6. The molecule has 0 aliphatic rings. The first-order valence-corrected chi connectivity index (χ1v) is 23.1. The first-order valence-electron chi connectivity index (χ1n) is 23.1. The van der Waals surface area contributed by atoms with E-state index < -0.39 is 30.3 Å². The molecular formula is C54H67ClN8O8. The van der Waals surface area contributed by atoms with Crippen LogP contribution in [-0.2, 0) is 56.2 Å². The fraction of sp³-hybridized carbons (Fsp3) is 0.315. The van der Waals surface area contributed by atoms with Gasteiger partial charge in [0.25, 0.3) is 0 Å². The average Bonchev–Trinajstić information content (AvgIpc) is 3.38. The molecule has 71 heavy (non-hydrogen) atoms. The number of halogens is 1. The third-order valence-corrected chi connectivity index (χ3v) is 11.4. The van der Waals surface area contributed by atoms with E-state index in [4.69, 9.17) is 42.2 Å². The van der Waals surface area contributed by atoms with Gasteiger partial charge in [0.2, 0.25) is 11.8 Å². The number of nitrogen functional groups attached to an aromatic ring is 1. The van der Waals surface area contributed by atoms with Gasteiger partial charge in [0, 0.05) is 24.0 Å². The standard InChI is InChI=1S/C31H36N4O5.C23H30N4O3.ClH/c1-21(34-30(37)26(32)17-13-22-9-5-3-6-10-22)27(36)18-16-24-14-15-25(19-28(24)39-2)29(33)35-31(38)40-20-23-11-7-4-8-12-23;1-15(27-23(29)19(24)12-8-16-6-4-3-5-7-16)20(28)13-11-17-9-10-18(22(25)26)14-21(17)30-2;/h3-12,14-15,19,21,26H,13,16-18,20,32H2,1-2H3,(H,34,37)(H2,33,35,38);3-7,9-10,14-15,19H,8,11-13,24H2,1-2H3,(H3,25,26)(H,27,29);1H/t21-,26+;15-,19+;/m00./s1. The predicted octanol–water partition coefficient (Wildman–Crippen LogP) is 6.28. The van der Waals surface area contributed by atoms with Gasteiger partial charge >= 0.3 is 6.09 Å².